The summed E-state index contributed by atoms with van der Waals surface area (Å²) in [6.07, 6.45) is -3.40. The van der Waals surface area contributed by atoms with Gasteiger partial charge in [-0.3, -0.25) is 13.7 Å². The predicted octanol–water partition coefficient (Wildman–Crippen LogP) is -9.83. The van der Waals surface area contributed by atoms with Gasteiger partial charge in [0.2, 0.25) is 0 Å². The van der Waals surface area contributed by atoms with Gasteiger partial charge in [0.25, 0.3) is 15.6 Å². The zero-order valence-corrected chi connectivity index (χ0v) is 21.4. The molecule has 1 fully saturated rings. The first-order valence-electron chi connectivity index (χ1n) is 7.14. The average Bonchev–Trinajstić information content (AvgIpc) is 3.07. The standard InChI is InChI=1S/C10H15N5O10P2.2Na.H2O/c11-8-5-9(13-2-12-8)15(3-14-5)10-7(17)6(16)4(24-10)1-23-27(21,22)25-26(18,19)20;;;/h2-4,6-7,10,16-17H,1H2,(H,21,22)(H2,11,12,13)(H2,18,19,20);;;1H2/q;2*+1;/p-2/t4-,6-,7-,10-;;;/m1.../s1. The van der Waals surface area contributed by atoms with Gasteiger partial charge in [-0.1, -0.05) is 0 Å². The van der Waals surface area contributed by atoms with Crippen molar-refractivity contribution in [1.82, 2.24) is 19.5 Å². The Morgan fingerprint density at radius 3 is 2.43 bits per heavy atom. The number of anilines is 1. The van der Waals surface area contributed by atoms with Crippen molar-refractivity contribution in [2.24, 2.45) is 0 Å². The number of rotatable bonds is 6. The van der Waals surface area contributed by atoms with Crippen molar-refractivity contribution in [2.45, 2.75) is 24.5 Å². The van der Waals surface area contributed by atoms with E-state index in [2.05, 4.69) is 23.8 Å². The number of ether oxygens (including phenoxy) is 1. The Kier molecular flexibility index (Phi) is 11.7. The quantitative estimate of drug-likeness (QED) is 0.217. The van der Waals surface area contributed by atoms with E-state index in [0.717, 1.165) is 6.33 Å². The number of phosphoric acid groups is 2. The van der Waals surface area contributed by atoms with Gasteiger partial charge in [-0.15, -0.1) is 0 Å². The molecule has 2 aromatic rings. The van der Waals surface area contributed by atoms with Gasteiger partial charge in [0.05, 0.1) is 12.9 Å². The molecule has 0 amide bonds. The molecule has 6 atom stereocenters. The Bertz CT molecular complexity index is 944. The van der Waals surface area contributed by atoms with E-state index in [1.165, 1.54) is 10.9 Å². The number of nitrogen functional groups attached to an aromatic ring is 1. The normalized spacial score (nSPS) is 27.2. The topological polar surface area (TPSA) is 270 Å². The molecule has 30 heavy (non-hydrogen) atoms. The third-order valence-electron chi connectivity index (χ3n) is 3.60. The molecule has 158 valence electrons. The third-order valence-corrected chi connectivity index (χ3v) is 5.69. The Morgan fingerprint density at radius 2 is 1.83 bits per heavy atom. The summed E-state index contributed by atoms with van der Waals surface area (Å²) in [4.78, 5) is 41.9. The van der Waals surface area contributed by atoms with E-state index in [1.54, 1.807) is 0 Å². The molecule has 1 aliphatic heterocycles. The smallest absolute Gasteiger partial charge is 0.756 e. The monoisotopic (exact) mass is 489 g/mol. The van der Waals surface area contributed by atoms with Crippen LogP contribution in [0.5, 0.6) is 0 Å². The van der Waals surface area contributed by atoms with Gasteiger partial charge in [0.15, 0.2) is 17.7 Å². The van der Waals surface area contributed by atoms with Crippen molar-refractivity contribution >= 4 is 32.6 Å². The average molecular weight is 489 g/mol. The molecule has 3 heterocycles. The molecular weight excluding hydrogens is 474 g/mol. The summed E-state index contributed by atoms with van der Waals surface area (Å²) in [6.45, 7) is -0.904. The second kappa shape index (κ2) is 11.5. The zero-order valence-electron chi connectivity index (χ0n) is 15.6. The molecule has 16 nitrogen and oxygen atoms in total. The molecule has 0 radical (unpaired) electrons. The Labute approximate surface area is 212 Å². The fourth-order valence-electron chi connectivity index (χ4n) is 2.47. The summed E-state index contributed by atoms with van der Waals surface area (Å²) >= 11 is 0. The molecule has 0 saturated carbocycles. The maximum Gasteiger partial charge on any atom is 1.00 e. The summed E-state index contributed by atoms with van der Waals surface area (Å²) in [6, 6.07) is 0. The van der Waals surface area contributed by atoms with E-state index >= 15 is 0 Å². The third kappa shape index (κ3) is 6.97. The number of hydrogen-bond acceptors (Lipinski definition) is 13. The molecule has 2 unspecified atom stereocenters. The van der Waals surface area contributed by atoms with E-state index in [-0.39, 0.29) is 81.6 Å². The minimum atomic E-state index is -5.60. The second-order valence-electron chi connectivity index (χ2n) is 5.42. The van der Waals surface area contributed by atoms with E-state index in [4.69, 9.17) is 15.4 Å². The van der Waals surface area contributed by atoms with Gasteiger partial charge < -0.3 is 45.4 Å². The van der Waals surface area contributed by atoms with Gasteiger partial charge in [-0.2, -0.15) is 0 Å². The summed E-state index contributed by atoms with van der Waals surface area (Å²) in [7, 11) is -11.0. The van der Waals surface area contributed by atoms with Gasteiger partial charge in [0.1, 0.15) is 30.2 Å². The fraction of sp³-hybridized carbons (Fsp3) is 0.500. The van der Waals surface area contributed by atoms with Gasteiger partial charge >= 0.3 is 59.1 Å². The van der Waals surface area contributed by atoms with Crippen LogP contribution < -0.4 is 74.6 Å². The number of phosphoric ester groups is 1. The molecule has 1 aliphatic rings. The van der Waals surface area contributed by atoms with Crippen molar-refractivity contribution in [1.29, 1.82) is 0 Å². The molecular formula is C10H15N5Na2O11P2. The van der Waals surface area contributed by atoms with E-state index in [1.807, 2.05) is 0 Å². The zero-order chi connectivity index (χ0) is 20.0. The van der Waals surface area contributed by atoms with Crippen molar-refractivity contribution in [3.63, 3.8) is 0 Å². The van der Waals surface area contributed by atoms with Crippen LogP contribution in [0.1, 0.15) is 6.23 Å². The molecule has 0 spiro atoms. The number of aliphatic hydroxyl groups is 2. The van der Waals surface area contributed by atoms with Crippen LogP contribution in [0.3, 0.4) is 0 Å². The largest absolute Gasteiger partial charge is 1.00 e. The van der Waals surface area contributed by atoms with Gasteiger partial charge in [-0.25, -0.2) is 19.3 Å². The SMILES string of the molecule is Nc1ncnc2c1ncn2[C@@H]1O[C@H](COP(=O)([O-])OP(=O)([O-])O)[C@@H](O)[C@H]1O.O.[Na+].[Na+]. The van der Waals surface area contributed by atoms with Crippen LogP contribution in [0, 0.1) is 0 Å². The van der Waals surface area contributed by atoms with E-state index in [9.17, 15) is 29.1 Å². The second-order valence-corrected chi connectivity index (χ2v) is 8.17. The van der Waals surface area contributed by atoms with Crippen molar-refractivity contribution in [3.8, 4) is 0 Å². The summed E-state index contributed by atoms with van der Waals surface area (Å²) in [5.41, 5.74) is 6.06. The first-order valence-corrected chi connectivity index (χ1v) is 10.1. The first-order chi connectivity index (χ1) is 12.5. The van der Waals surface area contributed by atoms with Crippen LogP contribution in [-0.4, -0.2) is 65.0 Å². The van der Waals surface area contributed by atoms with Crippen molar-refractivity contribution < 1.29 is 112 Å². The number of hydrogen-bond donors (Lipinski definition) is 4. The van der Waals surface area contributed by atoms with E-state index in [0.29, 0.717) is 0 Å². The molecule has 1 saturated heterocycles. The van der Waals surface area contributed by atoms with Crippen LogP contribution in [0.2, 0.25) is 0 Å². The number of nitrogens with zero attached hydrogens (tertiary/aromatic N) is 4. The summed E-state index contributed by atoms with van der Waals surface area (Å²) in [5, 5.41) is 20.2. The molecule has 0 aliphatic carbocycles. The molecule has 20 heteroatoms. The fourth-order valence-corrected chi connectivity index (χ4v) is 4.00. The molecule has 7 N–H and O–H groups in total. The van der Waals surface area contributed by atoms with Crippen LogP contribution in [0.25, 0.3) is 11.2 Å². The van der Waals surface area contributed by atoms with Crippen molar-refractivity contribution in [3.05, 3.63) is 12.7 Å². The maximum absolute atomic E-state index is 11.3. The molecule has 3 rings (SSSR count). The minimum absolute atomic E-state index is 0. The first kappa shape index (κ1) is 30.4. The molecule has 0 bridgehead atoms. The number of aliphatic hydroxyl groups excluding tert-OH is 2. The van der Waals surface area contributed by atoms with Crippen LogP contribution >= 0.6 is 15.6 Å². The Morgan fingerprint density at radius 1 is 1.20 bits per heavy atom. The van der Waals surface area contributed by atoms with Crippen LogP contribution in [-0.2, 0) is 22.7 Å². The predicted molar refractivity (Wildman–Crippen MR) is 83.7 cm³/mol. The van der Waals surface area contributed by atoms with Gasteiger partial charge in [-0.05, 0) is 0 Å². The molecule has 2 aromatic heterocycles. The van der Waals surface area contributed by atoms with Crippen LogP contribution in [0.4, 0.5) is 5.82 Å². The number of fused-ring (bicyclic) bond motifs is 1. The Balaban J connectivity index is 0.00000280. The molecule has 0 aromatic carbocycles. The Hall–Kier alpha value is 0.450. The summed E-state index contributed by atoms with van der Waals surface area (Å²) < 4.78 is 36.1. The van der Waals surface area contributed by atoms with Gasteiger partial charge in [0, 0.05) is 0 Å². The van der Waals surface area contributed by atoms with Crippen molar-refractivity contribution in [2.75, 3.05) is 12.3 Å². The summed E-state index contributed by atoms with van der Waals surface area (Å²) in [5.74, 6) is 0.0714. The van der Waals surface area contributed by atoms with E-state index < -0.39 is 46.8 Å². The number of aromatic nitrogens is 4. The maximum atomic E-state index is 11.3. The minimum Gasteiger partial charge on any atom is -0.756 e. The number of imidazole rings is 1. The number of nitrogens with two attached hydrogens (primary N) is 1. The van der Waals surface area contributed by atoms with Crippen LogP contribution in [0.15, 0.2) is 12.7 Å².